The van der Waals surface area contributed by atoms with Crippen LogP contribution >= 0.6 is 0 Å². The number of hydrogen-bond donors (Lipinski definition) is 2. The van der Waals surface area contributed by atoms with E-state index in [9.17, 15) is 4.79 Å². The van der Waals surface area contributed by atoms with Gasteiger partial charge in [0.2, 0.25) is 0 Å². The summed E-state index contributed by atoms with van der Waals surface area (Å²) >= 11 is 0. The van der Waals surface area contributed by atoms with Crippen molar-refractivity contribution in [3.8, 4) is 0 Å². The van der Waals surface area contributed by atoms with Gasteiger partial charge >= 0.3 is 5.97 Å². The quantitative estimate of drug-likeness (QED) is 0.790. The van der Waals surface area contributed by atoms with Crippen molar-refractivity contribution < 1.29 is 9.90 Å². The van der Waals surface area contributed by atoms with Crippen LogP contribution in [0, 0.1) is 5.92 Å². The molecule has 0 radical (unpaired) electrons. The van der Waals surface area contributed by atoms with Gasteiger partial charge in [-0.3, -0.25) is 0 Å². The molecule has 2 atom stereocenters. The number of aromatic carboxylic acids is 1. The molecule has 1 saturated carbocycles. The van der Waals surface area contributed by atoms with Gasteiger partial charge in [-0.05, 0) is 24.5 Å². The summed E-state index contributed by atoms with van der Waals surface area (Å²) in [6.45, 7) is 2.17. The Morgan fingerprint density at radius 2 is 2.47 bits per heavy atom. The zero-order valence-corrected chi connectivity index (χ0v) is 8.60. The molecule has 0 aromatic carbocycles. The van der Waals surface area contributed by atoms with Gasteiger partial charge in [-0.15, -0.1) is 0 Å². The summed E-state index contributed by atoms with van der Waals surface area (Å²) in [4.78, 5) is 14.6. The molecule has 0 amide bonds. The second kappa shape index (κ2) is 3.88. The highest BCUT2D eigenvalue weighted by atomic mass is 16.4. The SMILES string of the molecule is CCC1CC1Nc1ccc(C(=O)O)cn1. The normalized spacial score (nSPS) is 23.5. The number of nitrogens with one attached hydrogen (secondary N) is 1. The average molecular weight is 206 g/mol. The highest BCUT2D eigenvalue weighted by Crippen LogP contribution is 2.35. The monoisotopic (exact) mass is 206 g/mol. The van der Waals surface area contributed by atoms with E-state index in [-0.39, 0.29) is 5.56 Å². The van der Waals surface area contributed by atoms with E-state index in [1.165, 1.54) is 19.0 Å². The summed E-state index contributed by atoms with van der Waals surface area (Å²) in [5, 5.41) is 12.0. The Kier molecular flexibility index (Phi) is 2.58. The molecular weight excluding hydrogens is 192 g/mol. The Morgan fingerprint density at radius 1 is 1.67 bits per heavy atom. The van der Waals surface area contributed by atoms with Gasteiger partial charge in [0.1, 0.15) is 5.82 Å². The standard InChI is InChI=1S/C11H14N2O2/c1-2-7-5-9(7)13-10-4-3-8(6-12-10)11(14)15/h3-4,6-7,9H,2,5H2,1H3,(H,12,13)(H,14,15). The molecular formula is C11H14N2O2. The minimum atomic E-state index is -0.938. The first kappa shape index (κ1) is 9.96. The smallest absolute Gasteiger partial charge is 0.337 e. The lowest BCUT2D eigenvalue weighted by Gasteiger charge is -2.04. The van der Waals surface area contributed by atoms with Crippen molar-refractivity contribution in [2.24, 2.45) is 5.92 Å². The lowest BCUT2D eigenvalue weighted by atomic mass is 10.3. The molecule has 4 heteroatoms. The van der Waals surface area contributed by atoms with E-state index in [0.717, 1.165) is 11.7 Å². The molecule has 4 nitrogen and oxygen atoms in total. The van der Waals surface area contributed by atoms with Crippen molar-refractivity contribution in [1.82, 2.24) is 4.98 Å². The number of anilines is 1. The number of carbonyl (C=O) groups is 1. The van der Waals surface area contributed by atoms with Crippen molar-refractivity contribution in [2.75, 3.05) is 5.32 Å². The number of hydrogen-bond acceptors (Lipinski definition) is 3. The van der Waals surface area contributed by atoms with E-state index in [4.69, 9.17) is 5.11 Å². The largest absolute Gasteiger partial charge is 0.478 e. The van der Waals surface area contributed by atoms with Gasteiger partial charge in [-0.2, -0.15) is 0 Å². The summed E-state index contributed by atoms with van der Waals surface area (Å²) in [7, 11) is 0. The molecule has 1 aromatic rings. The van der Waals surface area contributed by atoms with Crippen molar-refractivity contribution in [3.05, 3.63) is 23.9 Å². The van der Waals surface area contributed by atoms with Crippen LogP contribution in [0.3, 0.4) is 0 Å². The maximum atomic E-state index is 10.6. The van der Waals surface area contributed by atoms with Crippen LogP contribution in [-0.2, 0) is 0 Å². The van der Waals surface area contributed by atoms with E-state index in [1.807, 2.05) is 0 Å². The van der Waals surface area contributed by atoms with Crippen molar-refractivity contribution in [2.45, 2.75) is 25.8 Å². The van der Waals surface area contributed by atoms with Gasteiger partial charge in [-0.1, -0.05) is 13.3 Å². The fraction of sp³-hybridized carbons (Fsp3) is 0.455. The number of rotatable bonds is 4. The Hall–Kier alpha value is -1.58. The number of carboxylic acids is 1. The molecule has 2 N–H and O–H groups in total. The second-order valence-electron chi connectivity index (χ2n) is 3.89. The third-order valence-corrected chi connectivity index (χ3v) is 2.79. The van der Waals surface area contributed by atoms with Gasteiger partial charge < -0.3 is 10.4 Å². The molecule has 0 saturated heterocycles. The molecule has 0 aliphatic heterocycles. The fourth-order valence-corrected chi connectivity index (χ4v) is 1.67. The highest BCUT2D eigenvalue weighted by Gasteiger charge is 2.35. The van der Waals surface area contributed by atoms with Crippen molar-refractivity contribution >= 4 is 11.8 Å². The van der Waals surface area contributed by atoms with Crippen LogP contribution in [0.4, 0.5) is 5.82 Å². The molecule has 1 aliphatic carbocycles. The summed E-state index contributed by atoms with van der Waals surface area (Å²) in [5.41, 5.74) is 0.225. The van der Waals surface area contributed by atoms with Crippen LogP contribution < -0.4 is 5.32 Å². The first-order valence-electron chi connectivity index (χ1n) is 5.16. The highest BCUT2D eigenvalue weighted by molar-refractivity contribution is 5.87. The van der Waals surface area contributed by atoms with Crippen molar-refractivity contribution in [1.29, 1.82) is 0 Å². The number of carboxylic acid groups (broad SMARTS) is 1. The first-order chi connectivity index (χ1) is 7.20. The van der Waals surface area contributed by atoms with Crippen LogP contribution in [0.2, 0.25) is 0 Å². The molecule has 80 valence electrons. The molecule has 1 heterocycles. The predicted molar refractivity (Wildman–Crippen MR) is 57.0 cm³/mol. The molecule has 1 aliphatic rings. The minimum Gasteiger partial charge on any atom is -0.478 e. The van der Waals surface area contributed by atoms with E-state index in [2.05, 4.69) is 17.2 Å². The molecule has 0 bridgehead atoms. The average Bonchev–Trinajstić information content (AvgIpc) is 2.97. The zero-order valence-electron chi connectivity index (χ0n) is 8.60. The third-order valence-electron chi connectivity index (χ3n) is 2.79. The summed E-state index contributed by atoms with van der Waals surface area (Å²) in [5.74, 6) is 0.582. The molecule has 1 aromatic heterocycles. The van der Waals surface area contributed by atoms with Crippen LogP contribution in [0.15, 0.2) is 18.3 Å². The first-order valence-corrected chi connectivity index (χ1v) is 5.16. The van der Waals surface area contributed by atoms with Gasteiger partial charge in [0.15, 0.2) is 0 Å². The Labute approximate surface area is 88.3 Å². The zero-order chi connectivity index (χ0) is 10.8. The summed E-state index contributed by atoms with van der Waals surface area (Å²) < 4.78 is 0. The lowest BCUT2D eigenvalue weighted by Crippen LogP contribution is -2.06. The van der Waals surface area contributed by atoms with Crippen molar-refractivity contribution in [3.63, 3.8) is 0 Å². The second-order valence-corrected chi connectivity index (χ2v) is 3.89. The van der Waals surface area contributed by atoms with Gasteiger partial charge in [-0.25, -0.2) is 9.78 Å². The number of aromatic nitrogens is 1. The molecule has 0 spiro atoms. The maximum absolute atomic E-state index is 10.6. The topological polar surface area (TPSA) is 62.2 Å². The lowest BCUT2D eigenvalue weighted by molar-refractivity contribution is 0.0696. The molecule has 2 rings (SSSR count). The number of nitrogens with zero attached hydrogens (tertiary/aromatic N) is 1. The third kappa shape index (κ3) is 2.26. The van der Waals surface area contributed by atoms with Gasteiger partial charge in [0.05, 0.1) is 5.56 Å². The maximum Gasteiger partial charge on any atom is 0.337 e. The molecule has 2 unspecified atom stereocenters. The minimum absolute atomic E-state index is 0.225. The predicted octanol–water partition coefficient (Wildman–Crippen LogP) is 1.99. The van der Waals surface area contributed by atoms with Gasteiger partial charge in [0, 0.05) is 12.2 Å². The van der Waals surface area contributed by atoms with Crippen LogP contribution in [0.25, 0.3) is 0 Å². The summed E-state index contributed by atoms with van der Waals surface area (Å²) in [6, 6.07) is 3.81. The van der Waals surface area contributed by atoms with E-state index < -0.39 is 5.97 Å². The van der Waals surface area contributed by atoms with E-state index in [1.54, 1.807) is 12.1 Å². The summed E-state index contributed by atoms with van der Waals surface area (Å²) in [6.07, 6.45) is 3.76. The van der Waals surface area contributed by atoms with E-state index in [0.29, 0.717) is 6.04 Å². The van der Waals surface area contributed by atoms with Crippen LogP contribution in [-0.4, -0.2) is 22.1 Å². The number of pyridine rings is 1. The van der Waals surface area contributed by atoms with Gasteiger partial charge in [0.25, 0.3) is 0 Å². The molecule has 1 fully saturated rings. The van der Waals surface area contributed by atoms with Crippen LogP contribution in [0.5, 0.6) is 0 Å². The Balaban J connectivity index is 1.96. The Morgan fingerprint density at radius 3 is 2.93 bits per heavy atom. The van der Waals surface area contributed by atoms with Crippen LogP contribution in [0.1, 0.15) is 30.1 Å². The molecule has 15 heavy (non-hydrogen) atoms. The Bertz CT molecular complexity index is 361. The fourth-order valence-electron chi connectivity index (χ4n) is 1.67. The van der Waals surface area contributed by atoms with E-state index >= 15 is 0 Å².